The molecule has 0 amide bonds. The molecule has 3 nitrogen and oxygen atoms in total. The van der Waals surface area contributed by atoms with Crippen LogP contribution in [-0.2, 0) is 6.61 Å². The van der Waals surface area contributed by atoms with E-state index in [4.69, 9.17) is 16.4 Å². The van der Waals surface area contributed by atoms with Crippen molar-refractivity contribution in [3.05, 3.63) is 34.9 Å². The first-order chi connectivity index (χ1) is 7.24. The SMILES string of the molecule is [C-]#[N+]c1c(F)cc(CO)cc1OC1CC1. The Balaban J connectivity index is 2.38. The van der Waals surface area contributed by atoms with E-state index < -0.39 is 5.82 Å². The van der Waals surface area contributed by atoms with Crippen molar-refractivity contribution in [1.82, 2.24) is 0 Å². The third kappa shape index (κ3) is 2.08. The number of hydrogen-bond donors (Lipinski definition) is 1. The maximum atomic E-state index is 13.4. The Hall–Kier alpha value is -1.60. The predicted molar refractivity (Wildman–Crippen MR) is 52.2 cm³/mol. The summed E-state index contributed by atoms with van der Waals surface area (Å²) in [6.45, 7) is 6.61. The van der Waals surface area contributed by atoms with Crippen LogP contribution < -0.4 is 4.74 Å². The zero-order valence-corrected chi connectivity index (χ0v) is 8.03. The summed E-state index contributed by atoms with van der Waals surface area (Å²) in [6, 6.07) is 2.68. The van der Waals surface area contributed by atoms with E-state index in [1.807, 2.05) is 0 Å². The van der Waals surface area contributed by atoms with Crippen molar-refractivity contribution >= 4 is 5.69 Å². The Kier molecular flexibility index (Phi) is 2.57. The van der Waals surface area contributed by atoms with Gasteiger partial charge in [-0.2, -0.15) is 0 Å². The number of aliphatic hydroxyl groups is 1. The van der Waals surface area contributed by atoms with Gasteiger partial charge in [-0.05, 0) is 30.5 Å². The van der Waals surface area contributed by atoms with Crippen molar-refractivity contribution in [3.63, 3.8) is 0 Å². The van der Waals surface area contributed by atoms with Crippen molar-refractivity contribution in [1.29, 1.82) is 0 Å². The summed E-state index contributed by atoms with van der Waals surface area (Å²) in [6.07, 6.45) is 2.00. The molecule has 78 valence electrons. The lowest BCUT2D eigenvalue weighted by Crippen LogP contribution is -1.98. The Morgan fingerprint density at radius 3 is 2.80 bits per heavy atom. The molecule has 1 aliphatic rings. The summed E-state index contributed by atoms with van der Waals surface area (Å²) in [5.74, 6) is -0.385. The van der Waals surface area contributed by atoms with Crippen molar-refractivity contribution in [2.24, 2.45) is 0 Å². The van der Waals surface area contributed by atoms with Crippen LogP contribution in [0.4, 0.5) is 10.1 Å². The molecule has 1 saturated carbocycles. The van der Waals surface area contributed by atoms with E-state index in [1.165, 1.54) is 6.07 Å². The quantitative estimate of drug-likeness (QED) is 0.772. The second-order valence-corrected chi connectivity index (χ2v) is 3.51. The monoisotopic (exact) mass is 207 g/mol. The zero-order valence-electron chi connectivity index (χ0n) is 8.03. The van der Waals surface area contributed by atoms with Gasteiger partial charge in [0.2, 0.25) is 0 Å². The summed E-state index contributed by atoms with van der Waals surface area (Å²) in [5.41, 5.74) is 0.328. The van der Waals surface area contributed by atoms with Gasteiger partial charge in [-0.1, -0.05) is 0 Å². The van der Waals surface area contributed by atoms with Gasteiger partial charge in [0.1, 0.15) is 11.6 Å². The first-order valence-electron chi connectivity index (χ1n) is 4.72. The molecule has 4 heteroatoms. The Labute approximate surface area is 86.9 Å². The number of ether oxygens (including phenoxy) is 1. The predicted octanol–water partition coefficient (Wildman–Crippen LogP) is 2.41. The molecule has 1 aromatic rings. The smallest absolute Gasteiger partial charge is 0.262 e. The lowest BCUT2D eigenvalue weighted by molar-refractivity contribution is 0.277. The molecule has 0 spiro atoms. The van der Waals surface area contributed by atoms with Gasteiger partial charge in [0.05, 0.1) is 19.3 Å². The van der Waals surface area contributed by atoms with Crippen LogP contribution in [0.25, 0.3) is 4.85 Å². The van der Waals surface area contributed by atoms with Crippen LogP contribution in [0.3, 0.4) is 0 Å². The number of halogens is 1. The van der Waals surface area contributed by atoms with Gasteiger partial charge in [-0.3, -0.25) is 0 Å². The Bertz CT molecular complexity index is 421. The second-order valence-electron chi connectivity index (χ2n) is 3.51. The molecule has 0 atom stereocenters. The minimum absolute atomic E-state index is 0.0981. The van der Waals surface area contributed by atoms with E-state index in [2.05, 4.69) is 4.85 Å². The lowest BCUT2D eigenvalue weighted by atomic mass is 10.2. The molecule has 0 radical (unpaired) electrons. The third-order valence-corrected chi connectivity index (χ3v) is 2.20. The standard InChI is InChI=1S/C11H10FNO2/c1-13-11-9(12)4-7(6-14)5-10(11)15-8-2-3-8/h4-5,8,14H,2-3,6H2. The average Bonchev–Trinajstić information content (AvgIpc) is 3.01. The molecule has 1 aliphatic carbocycles. The lowest BCUT2D eigenvalue weighted by Gasteiger charge is -2.09. The van der Waals surface area contributed by atoms with Gasteiger partial charge < -0.3 is 9.84 Å². The third-order valence-electron chi connectivity index (χ3n) is 2.20. The number of rotatable bonds is 3. The summed E-state index contributed by atoms with van der Waals surface area (Å²) < 4.78 is 18.8. The van der Waals surface area contributed by atoms with Crippen LogP contribution >= 0.6 is 0 Å². The fourth-order valence-corrected chi connectivity index (χ4v) is 1.28. The van der Waals surface area contributed by atoms with Crippen LogP contribution in [0.1, 0.15) is 18.4 Å². The Morgan fingerprint density at radius 1 is 1.53 bits per heavy atom. The topological polar surface area (TPSA) is 33.8 Å². The highest BCUT2D eigenvalue weighted by Gasteiger charge is 2.25. The minimum atomic E-state index is -0.632. The van der Waals surface area contributed by atoms with Gasteiger partial charge in [-0.25, -0.2) is 9.24 Å². The summed E-state index contributed by atoms with van der Waals surface area (Å²) in [7, 11) is 0. The van der Waals surface area contributed by atoms with Gasteiger partial charge in [0.15, 0.2) is 0 Å². The van der Waals surface area contributed by atoms with Crippen LogP contribution in [0.2, 0.25) is 0 Å². The van der Waals surface area contributed by atoms with Crippen molar-refractivity contribution in [3.8, 4) is 5.75 Å². The second kappa shape index (κ2) is 3.87. The van der Waals surface area contributed by atoms with Crippen LogP contribution in [-0.4, -0.2) is 11.2 Å². The fraction of sp³-hybridized carbons (Fsp3) is 0.364. The average molecular weight is 207 g/mol. The normalized spacial score (nSPS) is 14.7. The maximum Gasteiger partial charge on any atom is 0.262 e. The Morgan fingerprint density at radius 2 is 2.27 bits per heavy atom. The highest BCUT2D eigenvalue weighted by molar-refractivity contribution is 5.60. The molecule has 0 aliphatic heterocycles. The molecule has 1 aromatic carbocycles. The van der Waals surface area contributed by atoms with E-state index in [1.54, 1.807) is 0 Å². The van der Waals surface area contributed by atoms with Gasteiger partial charge in [0.25, 0.3) is 5.69 Å². The van der Waals surface area contributed by atoms with E-state index in [0.717, 1.165) is 18.9 Å². The number of nitrogens with zero attached hydrogens (tertiary/aromatic N) is 1. The van der Waals surface area contributed by atoms with Gasteiger partial charge in [-0.15, -0.1) is 0 Å². The van der Waals surface area contributed by atoms with E-state index in [9.17, 15) is 4.39 Å². The zero-order chi connectivity index (χ0) is 10.8. The van der Waals surface area contributed by atoms with Crippen LogP contribution in [0.5, 0.6) is 5.75 Å². The van der Waals surface area contributed by atoms with Gasteiger partial charge in [0, 0.05) is 0 Å². The summed E-state index contributed by atoms with van der Waals surface area (Å²) >= 11 is 0. The molecule has 0 bridgehead atoms. The molecular weight excluding hydrogens is 197 g/mol. The minimum Gasteiger partial charge on any atom is -0.501 e. The molecule has 1 fully saturated rings. The largest absolute Gasteiger partial charge is 0.501 e. The molecule has 2 rings (SSSR count). The summed E-state index contributed by atoms with van der Waals surface area (Å²) in [5, 5.41) is 8.90. The highest BCUT2D eigenvalue weighted by atomic mass is 19.1. The van der Waals surface area contributed by atoms with Crippen LogP contribution in [0, 0.1) is 12.4 Å². The maximum absolute atomic E-state index is 13.4. The van der Waals surface area contributed by atoms with Crippen molar-refractivity contribution < 1.29 is 14.2 Å². The number of hydrogen-bond acceptors (Lipinski definition) is 2. The van der Waals surface area contributed by atoms with Gasteiger partial charge >= 0.3 is 0 Å². The highest BCUT2D eigenvalue weighted by Crippen LogP contribution is 2.36. The molecule has 15 heavy (non-hydrogen) atoms. The van der Waals surface area contributed by atoms with E-state index in [-0.39, 0.29) is 24.1 Å². The molecule has 0 aromatic heterocycles. The molecule has 0 unspecified atom stereocenters. The van der Waals surface area contributed by atoms with E-state index in [0.29, 0.717) is 5.56 Å². The van der Waals surface area contributed by atoms with E-state index >= 15 is 0 Å². The fourth-order valence-electron chi connectivity index (χ4n) is 1.28. The summed E-state index contributed by atoms with van der Waals surface area (Å²) in [4.78, 5) is 3.09. The first-order valence-corrected chi connectivity index (χ1v) is 4.72. The molecule has 0 saturated heterocycles. The first kappa shape index (κ1) is 9.94. The molecule has 1 N–H and O–H groups in total. The molecule has 0 heterocycles. The number of benzene rings is 1. The number of aliphatic hydroxyl groups excluding tert-OH is 1. The van der Waals surface area contributed by atoms with Crippen molar-refractivity contribution in [2.75, 3.05) is 0 Å². The van der Waals surface area contributed by atoms with Crippen molar-refractivity contribution in [2.45, 2.75) is 25.6 Å². The molecular formula is C11H10FNO2. The van der Waals surface area contributed by atoms with Crippen LogP contribution in [0.15, 0.2) is 12.1 Å².